The van der Waals surface area contributed by atoms with Gasteiger partial charge in [0, 0.05) is 6.54 Å². The van der Waals surface area contributed by atoms with Gasteiger partial charge in [-0.2, -0.15) is 4.99 Å². The number of hydrogen-bond donors (Lipinski definition) is 0. The first-order valence-electron chi connectivity index (χ1n) is 9.03. The van der Waals surface area contributed by atoms with E-state index in [0.29, 0.717) is 27.1 Å². The maximum absolute atomic E-state index is 14.2. The molecule has 0 unspecified atom stereocenters. The quantitative estimate of drug-likeness (QED) is 0.555. The Labute approximate surface area is 172 Å². The van der Waals surface area contributed by atoms with Crippen LogP contribution in [0.25, 0.3) is 10.2 Å². The first kappa shape index (κ1) is 21.1. The standard InChI is InChI=1S/C21H21FN2O3S2/c1-4-12-24-20-17(22)6-5-7-18(20)28-21(24)23-19(25)13-15-8-10-16(11-9-15)29(26,27)14(2)3/h4-11,14H,1,12-13H2,2-3H3. The lowest BCUT2D eigenvalue weighted by molar-refractivity contribution is -0.117. The van der Waals surface area contributed by atoms with Gasteiger partial charge in [0.15, 0.2) is 14.6 Å². The molecule has 3 rings (SSSR count). The number of para-hydroxylation sites is 1. The van der Waals surface area contributed by atoms with Gasteiger partial charge >= 0.3 is 0 Å². The maximum Gasteiger partial charge on any atom is 0.252 e. The highest BCUT2D eigenvalue weighted by atomic mass is 32.2. The van der Waals surface area contributed by atoms with E-state index in [-0.39, 0.29) is 17.1 Å². The molecule has 1 amide bonds. The molecule has 8 heteroatoms. The average Bonchev–Trinajstić information content (AvgIpc) is 3.00. The molecule has 0 aliphatic heterocycles. The molecule has 5 nitrogen and oxygen atoms in total. The monoisotopic (exact) mass is 432 g/mol. The molecular formula is C21H21FN2O3S2. The lowest BCUT2D eigenvalue weighted by Crippen LogP contribution is -2.17. The summed E-state index contributed by atoms with van der Waals surface area (Å²) in [6, 6.07) is 11.0. The van der Waals surface area contributed by atoms with Gasteiger partial charge in [-0.3, -0.25) is 4.79 Å². The van der Waals surface area contributed by atoms with Crippen molar-refractivity contribution in [2.75, 3.05) is 0 Å². The fourth-order valence-corrected chi connectivity index (χ4v) is 4.99. The Balaban J connectivity index is 1.91. The van der Waals surface area contributed by atoms with Crippen molar-refractivity contribution in [1.82, 2.24) is 4.57 Å². The third-order valence-electron chi connectivity index (χ3n) is 4.41. The second-order valence-electron chi connectivity index (χ2n) is 6.79. The van der Waals surface area contributed by atoms with Crippen molar-refractivity contribution in [3.05, 3.63) is 71.3 Å². The van der Waals surface area contributed by atoms with Crippen LogP contribution in [0.15, 0.2) is 65.0 Å². The van der Waals surface area contributed by atoms with Gasteiger partial charge in [0.05, 0.1) is 26.8 Å². The van der Waals surface area contributed by atoms with Gasteiger partial charge in [-0.15, -0.1) is 6.58 Å². The number of nitrogens with zero attached hydrogens (tertiary/aromatic N) is 2. The molecule has 0 aliphatic carbocycles. The van der Waals surface area contributed by atoms with Crippen LogP contribution in [0.1, 0.15) is 19.4 Å². The molecule has 0 aliphatic rings. The number of hydrogen-bond acceptors (Lipinski definition) is 4. The minimum absolute atomic E-state index is 0.0207. The van der Waals surface area contributed by atoms with Crippen molar-refractivity contribution >= 4 is 37.3 Å². The van der Waals surface area contributed by atoms with E-state index in [1.165, 1.54) is 29.5 Å². The summed E-state index contributed by atoms with van der Waals surface area (Å²) in [4.78, 5) is 17.3. The van der Waals surface area contributed by atoms with Crippen molar-refractivity contribution in [3.8, 4) is 0 Å². The van der Waals surface area contributed by atoms with E-state index < -0.39 is 21.0 Å². The summed E-state index contributed by atoms with van der Waals surface area (Å²) in [5.74, 6) is -0.773. The molecule has 29 heavy (non-hydrogen) atoms. The Morgan fingerprint density at radius 1 is 1.24 bits per heavy atom. The molecule has 1 heterocycles. The summed E-state index contributed by atoms with van der Waals surface area (Å²) >= 11 is 1.23. The molecule has 0 spiro atoms. The largest absolute Gasteiger partial charge is 0.310 e. The van der Waals surface area contributed by atoms with E-state index >= 15 is 0 Å². The number of aromatic nitrogens is 1. The van der Waals surface area contributed by atoms with Crippen molar-refractivity contribution < 1.29 is 17.6 Å². The number of rotatable bonds is 6. The molecule has 3 aromatic rings. The molecule has 0 N–H and O–H groups in total. The van der Waals surface area contributed by atoms with Crippen LogP contribution in [0.3, 0.4) is 0 Å². The molecule has 152 valence electrons. The van der Waals surface area contributed by atoms with E-state index in [1.807, 2.05) is 0 Å². The first-order valence-corrected chi connectivity index (χ1v) is 11.4. The molecule has 2 aromatic carbocycles. The Kier molecular flexibility index (Phi) is 6.14. The first-order chi connectivity index (χ1) is 13.7. The summed E-state index contributed by atoms with van der Waals surface area (Å²) in [7, 11) is -3.36. The van der Waals surface area contributed by atoms with Gasteiger partial charge in [-0.1, -0.05) is 35.6 Å². The summed E-state index contributed by atoms with van der Waals surface area (Å²) in [5.41, 5.74) is 1.05. The van der Waals surface area contributed by atoms with Crippen LogP contribution in [0.2, 0.25) is 0 Å². The summed E-state index contributed by atoms with van der Waals surface area (Å²) < 4.78 is 40.9. The molecule has 1 aromatic heterocycles. The minimum atomic E-state index is -3.36. The molecule has 0 fully saturated rings. The van der Waals surface area contributed by atoms with Crippen molar-refractivity contribution in [1.29, 1.82) is 0 Å². The van der Waals surface area contributed by atoms with Crippen LogP contribution in [0, 0.1) is 5.82 Å². The number of halogens is 1. The lowest BCUT2D eigenvalue weighted by Gasteiger charge is -2.08. The molecule has 0 saturated heterocycles. The molecule has 0 bridgehead atoms. The highest BCUT2D eigenvalue weighted by Gasteiger charge is 2.19. The smallest absolute Gasteiger partial charge is 0.252 e. The van der Waals surface area contributed by atoms with Crippen molar-refractivity contribution in [2.45, 2.75) is 37.0 Å². The van der Waals surface area contributed by atoms with E-state index in [4.69, 9.17) is 0 Å². The van der Waals surface area contributed by atoms with Crippen LogP contribution in [-0.2, 0) is 27.6 Å². The van der Waals surface area contributed by atoms with Crippen LogP contribution in [0.4, 0.5) is 4.39 Å². The zero-order chi connectivity index (χ0) is 21.2. The predicted octanol–water partition coefficient (Wildman–Crippen LogP) is 3.88. The number of thiazole rings is 1. The highest BCUT2D eigenvalue weighted by Crippen LogP contribution is 2.21. The van der Waals surface area contributed by atoms with E-state index in [9.17, 15) is 17.6 Å². The van der Waals surface area contributed by atoms with Crippen molar-refractivity contribution in [3.63, 3.8) is 0 Å². The minimum Gasteiger partial charge on any atom is -0.310 e. The summed E-state index contributed by atoms with van der Waals surface area (Å²) in [6.45, 7) is 7.26. The van der Waals surface area contributed by atoms with Crippen LogP contribution >= 0.6 is 11.3 Å². The maximum atomic E-state index is 14.2. The highest BCUT2D eigenvalue weighted by molar-refractivity contribution is 7.92. The van der Waals surface area contributed by atoms with Crippen LogP contribution in [-0.4, -0.2) is 24.1 Å². The number of amides is 1. The van der Waals surface area contributed by atoms with Gasteiger partial charge < -0.3 is 4.57 Å². The van der Waals surface area contributed by atoms with E-state index in [1.54, 1.807) is 48.8 Å². The fourth-order valence-electron chi connectivity index (χ4n) is 2.86. The Morgan fingerprint density at radius 2 is 1.93 bits per heavy atom. The Morgan fingerprint density at radius 3 is 2.55 bits per heavy atom. The van der Waals surface area contributed by atoms with Gasteiger partial charge in [-0.25, -0.2) is 12.8 Å². The zero-order valence-corrected chi connectivity index (χ0v) is 17.8. The predicted molar refractivity (Wildman–Crippen MR) is 113 cm³/mol. The fraction of sp³-hybridized carbons (Fsp3) is 0.238. The van der Waals surface area contributed by atoms with Gasteiger partial charge in [0.25, 0.3) is 5.91 Å². The summed E-state index contributed by atoms with van der Waals surface area (Å²) in [6.07, 6.45) is 1.64. The lowest BCUT2D eigenvalue weighted by atomic mass is 10.1. The van der Waals surface area contributed by atoms with E-state index in [0.717, 1.165) is 0 Å². The Bertz CT molecular complexity index is 1240. The topological polar surface area (TPSA) is 68.5 Å². The Hall–Kier alpha value is -2.58. The number of sulfone groups is 1. The normalized spacial score (nSPS) is 12.6. The number of carbonyl (C=O) groups excluding carboxylic acids is 1. The van der Waals surface area contributed by atoms with Crippen LogP contribution in [0.5, 0.6) is 0 Å². The second-order valence-corrected chi connectivity index (χ2v) is 10.3. The third kappa shape index (κ3) is 4.38. The number of carbonyl (C=O) groups is 1. The SMILES string of the molecule is C=CCn1c(=NC(=O)Cc2ccc(S(=O)(=O)C(C)C)cc2)sc2cccc(F)c21. The number of fused-ring (bicyclic) bond motifs is 1. The molecule has 0 atom stereocenters. The summed E-state index contributed by atoms with van der Waals surface area (Å²) in [5, 5.41) is -0.515. The molecule has 0 radical (unpaired) electrons. The third-order valence-corrected chi connectivity index (χ3v) is 7.63. The molecule has 0 saturated carbocycles. The second kappa shape index (κ2) is 8.42. The van der Waals surface area contributed by atoms with Crippen molar-refractivity contribution in [2.24, 2.45) is 4.99 Å². The number of benzene rings is 2. The van der Waals surface area contributed by atoms with Gasteiger partial charge in [0.1, 0.15) is 5.82 Å². The van der Waals surface area contributed by atoms with Gasteiger partial charge in [0.2, 0.25) is 0 Å². The van der Waals surface area contributed by atoms with Gasteiger partial charge in [-0.05, 0) is 43.7 Å². The molecular weight excluding hydrogens is 411 g/mol. The number of allylic oxidation sites excluding steroid dienone is 1. The van der Waals surface area contributed by atoms with Crippen LogP contribution < -0.4 is 4.80 Å². The van der Waals surface area contributed by atoms with E-state index in [2.05, 4.69) is 11.6 Å². The average molecular weight is 433 g/mol. The zero-order valence-electron chi connectivity index (χ0n) is 16.1.